The van der Waals surface area contributed by atoms with Gasteiger partial charge in [-0.15, -0.1) is 0 Å². The molecule has 1 aromatic rings. The molecule has 4 nitrogen and oxygen atoms in total. The van der Waals surface area contributed by atoms with E-state index in [2.05, 4.69) is 14.9 Å². The van der Waals surface area contributed by atoms with Gasteiger partial charge in [0.25, 0.3) is 0 Å². The number of aryl methyl sites for hydroxylation is 1. The molecule has 106 valence electrons. The van der Waals surface area contributed by atoms with Crippen LogP contribution in [0.5, 0.6) is 0 Å². The van der Waals surface area contributed by atoms with Gasteiger partial charge in [-0.05, 0) is 26.7 Å². The third kappa shape index (κ3) is 3.37. The Morgan fingerprint density at radius 3 is 2.84 bits per heavy atom. The zero-order chi connectivity index (χ0) is 13.8. The Kier molecular flexibility index (Phi) is 4.99. The molecule has 19 heavy (non-hydrogen) atoms. The standard InChI is InChI=1S/C14H22ClN3O/c1-4-12-16-13(15)10(3)14(17-12)18-8-6-7-11(9-18)19-5-2/h11H,4-9H2,1-3H3. The maximum Gasteiger partial charge on any atom is 0.137 e. The van der Waals surface area contributed by atoms with E-state index in [9.17, 15) is 0 Å². The topological polar surface area (TPSA) is 38.2 Å². The number of piperidine rings is 1. The highest BCUT2D eigenvalue weighted by atomic mass is 35.5. The minimum atomic E-state index is 0.303. The van der Waals surface area contributed by atoms with E-state index < -0.39 is 0 Å². The second kappa shape index (κ2) is 6.53. The Labute approximate surface area is 120 Å². The average molecular weight is 284 g/mol. The molecule has 1 aromatic heterocycles. The fraction of sp³-hybridized carbons (Fsp3) is 0.714. The molecule has 5 heteroatoms. The van der Waals surface area contributed by atoms with E-state index in [1.807, 2.05) is 20.8 Å². The molecule has 1 saturated heterocycles. The predicted octanol–water partition coefficient (Wildman–Crippen LogP) is 3.01. The first-order valence-corrected chi connectivity index (χ1v) is 7.43. The van der Waals surface area contributed by atoms with Crippen LogP contribution in [0.25, 0.3) is 0 Å². The van der Waals surface area contributed by atoms with Gasteiger partial charge in [-0.1, -0.05) is 18.5 Å². The minimum absolute atomic E-state index is 0.303. The highest BCUT2D eigenvalue weighted by Gasteiger charge is 2.23. The van der Waals surface area contributed by atoms with Crippen molar-refractivity contribution in [3.05, 3.63) is 16.5 Å². The molecule has 0 bridgehead atoms. The van der Waals surface area contributed by atoms with Gasteiger partial charge >= 0.3 is 0 Å². The summed E-state index contributed by atoms with van der Waals surface area (Å²) in [6.45, 7) is 8.75. The SMILES string of the molecule is CCOC1CCCN(c2nc(CC)nc(Cl)c2C)C1. The number of anilines is 1. The highest BCUT2D eigenvalue weighted by molar-refractivity contribution is 6.30. The normalized spacial score (nSPS) is 19.8. The van der Waals surface area contributed by atoms with Crippen molar-refractivity contribution in [1.29, 1.82) is 0 Å². The second-order valence-electron chi connectivity index (χ2n) is 4.90. The van der Waals surface area contributed by atoms with E-state index in [1.165, 1.54) is 0 Å². The lowest BCUT2D eigenvalue weighted by Crippen LogP contribution is -2.40. The number of rotatable bonds is 4. The largest absolute Gasteiger partial charge is 0.377 e. The summed E-state index contributed by atoms with van der Waals surface area (Å²) in [6.07, 6.45) is 3.36. The van der Waals surface area contributed by atoms with E-state index in [4.69, 9.17) is 16.3 Å². The number of halogens is 1. The Bertz CT molecular complexity index is 437. The molecule has 0 saturated carbocycles. The van der Waals surface area contributed by atoms with Crippen LogP contribution in [0.15, 0.2) is 0 Å². The highest BCUT2D eigenvalue weighted by Crippen LogP contribution is 2.26. The van der Waals surface area contributed by atoms with Crippen LogP contribution in [0.1, 0.15) is 38.1 Å². The lowest BCUT2D eigenvalue weighted by molar-refractivity contribution is 0.0525. The molecular weight excluding hydrogens is 262 g/mol. The van der Waals surface area contributed by atoms with E-state index in [0.717, 1.165) is 56.2 Å². The summed E-state index contributed by atoms with van der Waals surface area (Å²) in [5.74, 6) is 1.78. The molecule has 1 aliphatic heterocycles. The molecule has 1 fully saturated rings. The summed E-state index contributed by atoms with van der Waals surface area (Å²) >= 11 is 6.21. The van der Waals surface area contributed by atoms with E-state index in [-0.39, 0.29) is 0 Å². The number of hydrogen-bond donors (Lipinski definition) is 0. The molecule has 1 unspecified atom stereocenters. The van der Waals surface area contributed by atoms with Crippen molar-refractivity contribution in [2.75, 3.05) is 24.6 Å². The van der Waals surface area contributed by atoms with E-state index >= 15 is 0 Å². The van der Waals surface area contributed by atoms with Crippen molar-refractivity contribution in [1.82, 2.24) is 9.97 Å². The van der Waals surface area contributed by atoms with Gasteiger partial charge in [-0.25, -0.2) is 9.97 Å². The van der Waals surface area contributed by atoms with Gasteiger partial charge in [-0.3, -0.25) is 0 Å². The van der Waals surface area contributed by atoms with E-state index in [1.54, 1.807) is 0 Å². The van der Waals surface area contributed by atoms with Gasteiger partial charge in [-0.2, -0.15) is 0 Å². The number of nitrogens with zero attached hydrogens (tertiary/aromatic N) is 3. The monoisotopic (exact) mass is 283 g/mol. The number of ether oxygens (including phenoxy) is 1. The predicted molar refractivity (Wildman–Crippen MR) is 78.0 cm³/mol. The molecule has 0 radical (unpaired) electrons. The van der Waals surface area contributed by atoms with Crippen LogP contribution in [0.2, 0.25) is 5.15 Å². The molecule has 2 rings (SSSR count). The summed E-state index contributed by atoms with van der Waals surface area (Å²) in [5.41, 5.74) is 0.969. The van der Waals surface area contributed by atoms with Crippen LogP contribution in [0.4, 0.5) is 5.82 Å². The zero-order valence-corrected chi connectivity index (χ0v) is 12.7. The fourth-order valence-electron chi connectivity index (χ4n) is 2.49. The van der Waals surface area contributed by atoms with Crippen molar-refractivity contribution in [3.8, 4) is 0 Å². The van der Waals surface area contributed by atoms with Crippen LogP contribution in [0.3, 0.4) is 0 Å². The quantitative estimate of drug-likeness (QED) is 0.796. The van der Waals surface area contributed by atoms with Crippen LogP contribution >= 0.6 is 11.6 Å². The summed E-state index contributed by atoms with van der Waals surface area (Å²) in [5, 5.41) is 0.570. The minimum Gasteiger partial charge on any atom is -0.377 e. The summed E-state index contributed by atoms with van der Waals surface area (Å²) < 4.78 is 5.74. The molecule has 1 atom stereocenters. The average Bonchev–Trinajstić information content (AvgIpc) is 2.42. The van der Waals surface area contributed by atoms with Crippen LogP contribution in [-0.4, -0.2) is 35.8 Å². The third-order valence-corrected chi connectivity index (χ3v) is 3.87. The summed E-state index contributed by atoms with van der Waals surface area (Å²) in [4.78, 5) is 11.2. The van der Waals surface area contributed by atoms with Crippen molar-refractivity contribution >= 4 is 17.4 Å². The summed E-state index contributed by atoms with van der Waals surface area (Å²) in [6, 6.07) is 0. The van der Waals surface area contributed by atoms with Crippen molar-refractivity contribution in [2.24, 2.45) is 0 Å². The Morgan fingerprint density at radius 2 is 2.16 bits per heavy atom. The smallest absolute Gasteiger partial charge is 0.137 e. The van der Waals surface area contributed by atoms with Gasteiger partial charge in [0.1, 0.15) is 16.8 Å². The van der Waals surface area contributed by atoms with Gasteiger partial charge in [0.05, 0.1) is 6.10 Å². The zero-order valence-electron chi connectivity index (χ0n) is 11.9. The van der Waals surface area contributed by atoms with Gasteiger partial charge in [0.2, 0.25) is 0 Å². The van der Waals surface area contributed by atoms with Gasteiger partial charge in [0.15, 0.2) is 0 Å². The first-order valence-electron chi connectivity index (χ1n) is 7.05. The third-order valence-electron chi connectivity index (χ3n) is 3.50. The lowest BCUT2D eigenvalue weighted by Gasteiger charge is -2.34. The van der Waals surface area contributed by atoms with Crippen LogP contribution in [0, 0.1) is 6.92 Å². The maximum atomic E-state index is 6.21. The molecule has 0 aliphatic carbocycles. The Balaban J connectivity index is 2.22. The maximum absolute atomic E-state index is 6.21. The van der Waals surface area contributed by atoms with Crippen molar-refractivity contribution < 1.29 is 4.74 Å². The molecule has 0 N–H and O–H groups in total. The summed E-state index contributed by atoms with van der Waals surface area (Å²) in [7, 11) is 0. The lowest BCUT2D eigenvalue weighted by atomic mass is 10.1. The molecule has 0 amide bonds. The Morgan fingerprint density at radius 1 is 1.37 bits per heavy atom. The first kappa shape index (κ1) is 14.5. The number of aromatic nitrogens is 2. The molecule has 0 spiro atoms. The molecular formula is C14H22ClN3O. The fourth-order valence-corrected chi connectivity index (χ4v) is 2.67. The second-order valence-corrected chi connectivity index (χ2v) is 5.26. The van der Waals surface area contributed by atoms with Crippen LogP contribution in [-0.2, 0) is 11.2 Å². The first-order chi connectivity index (χ1) is 9.15. The Hall–Kier alpha value is -0.870. The number of hydrogen-bond acceptors (Lipinski definition) is 4. The van der Waals surface area contributed by atoms with E-state index in [0.29, 0.717) is 11.3 Å². The van der Waals surface area contributed by atoms with Crippen molar-refractivity contribution in [3.63, 3.8) is 0 Å². The molecule has 1 aliphatic rings. The van der Waals surface area contributed by atoms with Gasteiger partial charge in [0, 0.05) is 31.7 Å². The van der Waals surface area contributed by atoms with Crippen molar-refractivity contribution in [2.45, 2.75) is 46.1 Å². The molecule has 2 heterocycles. The van der Waals surface area contributed by atoms with Gasteiger partial charge < -0.3 is 9.64 Å². The van der Waals surface area contributed by atoms with Crippen LogP contribution < -0.4 is 4.90 Å². The molecule has 0 aromatic carbocycles.